The first kappa shape index (κ1) is 10.5. The number of hydrogen-bond donors (Lipinski definition) is 1. The first-order valence-electron chi connectivity index (χ1n) is 4.96. The van der Waals surface area contributed by atoms with E-state index in [0.29, 0.717) is 6.54 Å². The van der Waals surface area contributed by atoms with Crippen molar-refractivity contribution in [1.29, 1.82) is 0 Å². The molecule has 0 saturated heterocycles. The zero-order chi connectivity index (χ0) is 9.90. The van der Waals surface area contributed by atoms with E-state index in [9.17, 15) is 4.79 Å². The quantitative estimate of drug-likeness (QED) is 0.713. The average Bonchev–Trinajstić information content (AvgIpc) is 2.52. The molecule has 0 aromatic rings. The van der Waals surface area contributed by atoms with Gasteiger partial charge in [0, 0.05) is 19.0 Å². The molecule has 1 N–H and O–H groups in total. The Labute approximate surface area is 79.7 Å². The van der Waals surface area contributed by atoms with Crippen LogP contribution in [-0.2, 0) is 4.79 Å². The lowest BCUT2D eigenvalue weighted by atomic mass is 9.87. The summed E-state index contributed by atoms with van der Waals surface area (Å²) >= 11 is 0. The smallest absolute Gasteiger partial charge is 0.228 e. The molecule has 0 bridgehead atoms. The minimum atomic E-state index is -0.149. The molecule has 0 radical (unpaired) electrons. The number of aliphatic hydroxyl groups is 1. The van der Waals surface area contributed by atoms with Crippen LogP contribution in [0.4, 0.5) is 0 Å². The minimum Gasteiger partial charge on any atom is -0.395 e. The first-order valence-corrected chi connectivity index (χ1v) is 4.96. The molecule has 3 heteroatoms. The molecule has 0 aromatic carbocycles. The fraction of sp³-hybridized carbons (Fsp3) is 0.900. The molecule has 1 fully saturated rings. The van der Waals surface area contributed by atoms with Crippen LogP contribution >= 0.6 is 0 Å². The van der Waals surface area contributed by atoms with Crippen molar-refractivity contribution >= 4 is 5.91 Å². The predicted molar refractivity (Wildman–Crippen MR) is 51.3 cm³/mol. The molecule has 1 saturated carbocycles. The minimum absolute atomic E-state index is 0.0539. The molecule has 1 rings (SSSR count). The van der Waals surface area contributed by atoms with Crippen LogP contribution in [0.15, 0.2) is 0 Å². The summed E-state index contributed by atoms with van der Waals surface area (Å²) in [5.74, 6) is 0.194. The molecule has 3 nitrogen and oxygen atoms in total. The predicted octanol–water partition coefficient (Wildman–Crippen LogP) is 1.02. The normalized spacial score (nSPS) is 20.2. The molecule has 0 heterocycles. The van der Waals surface area contributed by atoms with Crippen LogP contribution in [0.25, 0.3) is 0 Å². The Balaban J connectivity index is 2.54. The van der Waals surface area contributed by atoms with E-state index in [1.165, 1.54) is 0 Å². The number of nitrogens with zero attached hydrogens (tertiary/aromatic N) is 1. The fourth-order valence-electron chi connectivity index (χ4n) is 2.08. The van der Waals surface area contributed by atoms with Crippen LogP contribution in [0.5, 0.6) is 0 Å². The van der Waals surface area contributed by atoms with E-state index in [0.717, 1.165) is 25.7 Å². The van der Waals surface area contributed by atoms with Crippen molar-refractivity contribution in [2.75, 3.05) is 20.2 Å². The van der Waals surface area contributed by atoms with Crippen molar-refractivity contribution in [2.24, 2.45) is 5.41 Å². The Kier molecular flexibility index (Phi) is 3.31. The van der Waals surface area contributed by atoms with E-state index in [2.05, 4.69) is 0 Å². The molecule has 1 aliphatic carbocycles. The molecule has 76 valence electrons. The Morgan fingerprint density at radius 1 is 1.46 bits per heavy atom. The summed E-state index contributed by atoms with van der Waals surface area (Å²) in [4.78, 5) is 13.5. The Bertz CT molecular complexity index is 185. The molecule has 1 amide bonds. The molecule has 13 heavy (non-hydrogen) atoms. The van der Waals surface area contributed by atoms with E-state index in [4.69, 9.17) is 5.11 Å². The molecule has 0 unspecified atom stereocenters. The van der Waals surface area contributed by atoms with Crippen molar-refractivity contribution in [3.8, 4) is 0 Å². The molecular weight excluding hydrogens is 166 g/mol. The Morgan fingerprint density at radius 3 is 2.46 bits per heavy atom. The van der Waals surface area contributed by atoms with Gasteiger partial charge in [-0.05, 0) is 12.8 Å². The van der Waals surface area contributed by atoms with E-state index < -0.39 is 0 Å². The lowest BCUT2D eigenvalue weighted by molar-refractivity contribution is -0.140. The van der Waals surface area contributed by atoms with Crippen molar-refractivity contribution in [3.63, 3.8) is 0 Å². The summed E-state index contributed by atoms with van der Waals surface area (Å²) in [5.41, 5.74) is -0.149. The summed E-state index contributed by atoms with van der Waals surface area (Å²) in [6.45, 7) is 2.54. The number of rotatable bonds is 3. The lowest BCUT2D eigenvalue weighted by Crippen LogP contribution is -2.39. The highest BCUT2D eigenvalue weighted by Crippen LogP contribution is 2.38. The van der Waals surface area contributed by atoms with Gasteiger partial charge in [-0.15, -0.1) is 0 Å². The van der Waals surface area contributed by atoms with Crippen molar-refractivity contribution in [2.45, 2.75) is 32.6 Å². The number of carbonyl (C=O) groups is 1. The van der Waals surface area contributed by atoms with Crippen molar-refractivity contribution < 1.29 is 9.90 Å². The highest BCUT2D eigenvalue weighted by atomic mass is 16.3. The van der Waals surface area contributed by atoms with Crippen LogP contribution in [-0.4, -0.2) is 36.1 Å². The van der Waals surface area contributed by atoms with E-state index in [1.807, 2.05) is 6.92 Å². The van der Waals surface area contributed by atoms with Gasteiger partial charge in [0.15, 0.2) is 0 Å². The molecule has 1 aliphatic rings. The van der Waals surface area contributed by atoms with Crippen molar-refractivity contribution in [1.82, 2.24) is 4.90 Å². The number of amides is 1. The molecule has 0 spiro atoms. The summed E-state index contributed by atoms with van der Waals surface area (Å²) in [6, 6.07) is 0. The summed E-state index contributed by atoms with van der Waals surface area (Å²) < 4.78 is 0. The topological polar surface area (TPSA) is 40.5 Å². The monoisotopic (exact) mass is 185 g/mol. The number of hydrogen-bond acceptors (Lipinski definition) is 2. The summed E-state index contributed by atoms with van der Waals surface area (Å²) in [5, 5.41) is 8.72. The fourth-order valence-corrected chi connectivity index (χ4v) is 2.08. The highest BCUT2D eigenvalue weighted by Gasteiger charge is 2.37. The van der Waals surface area contributed by atoms with Gasteiger partial charge in [-0.1, -0.05) is 19.8 Å². The molecule has 0 atom stereocenters. The first-order chi connectivity index (χ1) is 6.10. The van der Waals surface area contributed by atoms with E-state index >= 15 is 0 Å². The highest BCUT2D eigenvalue weighted by molar-refractivity contribution is 5.82. The standard InChI is InChI=1S/C10H19NO2/c1-10(5-3-4-6-10)9(13)11(2)7-8-12/h12H,3-8H2,1-2H3. The number of aliphatic hydroxyl groups excluding tert-OH is 1. The van der Waals surface area contributed by atoms with Gasteiger partial charge in [-0.2, -0.15) is 0 Å². The number of carbonyl (C=O) groups excluding carboxylic acids is 1. The summed E-state index contributed by atoms with van der Waals surface area (Å²) in [6.07, 6.45) is 4.33. The maximum absolute atomic E-state index is 11.9. The zero-order valence-corrected chi connectivity index (χ0v) is 8.55. The third kappa shape index (κ3) is 2.21. The van der Waals surface area contributed by atoms with Crippen LogP contribution in [0.3, 0.4) is 0 Å². The van der Waals surface area contributed by atoms with Gasteiger partial charge in [-0.25, -0.2) is 0 Å². The lowest BCUT2D eigenvalue weighted by Gasteiger charge is -2.28. The molecule has 0 aromatic heterocycles. The average molecular weight is 185 g/mol. The van der Waals surface area contributed by atoms with Gasteiger partial charge < -0.3 is 10.0 Å². The van der Waals surface area contributed by atoms with Crippen molar-refractivity contribution in [3.05, 3.63) is 0 Å². The van der Waals surface area contributed by atoms with Gasteiger partial charge in [0.2, 0.25) is 5.91 Å². The number of likely N-dealkylation sites (N-methyl/N-ethyl adjacent to an activating group) is 1. The SMILES string of the molecule is CN(CCO)C(=O)C1(C)CCCC1. The second-order valence-electron chi connectivity index (χ2n) is 4.22. The largest absolute Gasteiger partial charge is 0.395 e. The Hall–Kier alpha value is -0.570. The molecule has 0 aliphatic heterocycles. The van der Waals surface area contributed by atoms with Gasteiger partial charge in [-0.3, -0.25) is 4.79 Å². The second kappa shape index (κ2) is 4.09. The van der Waals surface area contributed by atoms with Crippen LogP contribution < -0.4 is 0 Å². The van der Waals surface area contributed by atoms with Gasteiger partial charge in [0.05, 0.1) is 6.61 Å². The van der Waals surface area contributed by atoms with Gasteiger partial charge >= 0.3 is 0 Å². The second-order valence-corrected chi connectivity index (χ2v) is 4.22. The maximum atomic E-state index is 11.9. The third-order valence-electron chi connectivity index (χ3n) is 3.01. The Morgan fingerprint density at radius 2 is 2.00 bits per heavy atom. The van der Waals surface area contributed by atoms with Crippen LogP contribution in [0, 0.1) is 5.41 Å². The zero-order valence-electron chi connectivity index (χ0n) is 8.55. The van der Waals surface area contributed by atoms with E-state index in [1.54, 1.807) is 11.9 Å². The summed E-state index contributed by atoms with van der Waals surface area (Å²) in [7, 11) is 1.77. The van der Waals surface area contributed by atoms with Gasteiger partial charge in [0.1, 0.15) is 0 Å². The third-order valence-corrected chi connectivity index (χ3v) is 3.01. The molecular formula is C10H19NO2. The van der Waals surface area contributed by atoms with Crippen LogP contribution in [0.2, 0.25) is 0 Å². The maximum Gasteiger partial charge on any atom is 0.228 e. The van der Waals surface area contributed by atoms with Gasteiger partial charge in [0.25, 0.3) is 0 Å². The van der Waals surface area contributed by atoms with E-state index in [-0.39, 0.29) is 17.9 Å². The van der Waals surface area contributed by atoms with Crippen LogP contribution in [0.1, 0.15) is 32.6 Å².